The number of phenols is 1. The quantitative estimate of drug-likeness (QED) is 0.600. The third-order valence-corrected chi connectivity index (χ3v) is 4.12. The van der Waals surface area contributed by atoms with Gasteiger partial charge in [-0.25, -0.2) is 9.59 Å². The van der Waals surface area contributed by atoms with Crippen molar-refractivity contribution in [3.05, 3.63) is 63.2 Å². The van der Waals surface area contributed by atoms with Crippen LogP contribution in [0.15, 0.2) is 48.5 Å². The van der Waals surface area contributed by atoms with Gasteiger partial charge in [-0.05, 0) is 45.9 Å². The number of aliphatic carboxylic acids is 1. The number of aromatic hydroxyl groups is 1. The fraction of sp³-hybridized carbons (Fsp3) is 0.176. The fourth-order valence-electron chi connectivity index (χ4n) is 2.02. The molecule has 6 nitrogen and oxygen atoms in total. The fourth-order valence-corrected chi connectivity index (χ4v) is 2.60. The summed E-state index contributed by atoms with van der Waals surface area (Å²) in [5.41, 5.74) is 1.50. The number of carbonyl (C=O) groups is 2. The van der Waals surface area contributed by atoms with Crippen molar-refractivity contribution < 1.29 is 24.5 Å². The summed E-state index contributed by atoms with van der Waals surface area (Å²) in [5, 5.41) is 21.1. The smallest absolute Gasteiger partial charge is 0.408 e. The van der Waals surface area contributed by atoms with Gasteiger partial charge in [-0.3, -0.25) is 0 Å². The van der Waals surface area contributed by atoms with E-state index in [9.17, 15) is 19.8 Å². The zero-order valence-corrected chi connectivity index (χ0v) is 14.8. The van der Waals surface area contributed by atoms with Gasteiger partial charge in [-0.1, -0.05) is 36.4 Å². The summed E-state index contributed by atoms with van der Waals surface area (Å²) in [7, 11) is 0. The Hall–Kier alpha value is -2.29. The second kappa shape index (κ2) is 8.53. The number of carboxylic acids is 1. The molecule has 126 valence electrons. The molecule has 0 spiro atoms. The molecule has 2 rings (SSSR count). The topological polar surface area (TPSA) is 95.9 Å². The van der Waals surface area contributed by atoms with Crippen LogP contribution in [0.2, 0.25) is 0 Å². The van der Waals surface area contributed by atoms with E-state index in [1.165, 1.54) is 6.07 Å². The highest BCUT2D eigenvalue weighted by molar-refractivity contribution is 14.1. The van der Waals surface area contributed by atoms with Crippen molar-refractivity contribution in [2.45, 2.75) is 19.1 Å². The molecular weight excluding hydrogens is 425 g/mol. The molecule has 0 aliphatic rings. The van der Waals surface area contributed by atoms with Gasteiger partial charge < -0.3 is 20.3 Å². The first-order chi connectivity index (χ1) is 11.5. The lowest BCUT2D eigenvalue weighted by atomic mass is 10.1. The van der Waals surface area contributed by atoms with E-state index in [4.69, 9.17) is 4.74 Å². The van der Waals surface area contributed by atoms with Crippen molar-refractivity contribution in [3.63, 3.8) is 0 Å². The molecule has 1 atom stereocenters. The van der Waals surface area contributed by atoms with Gasteiger partial charge in [0, 0.05) is 6.42 Å². The minimum absolute atomic E-state index is 0.0656. The summed E-state index contributed by atoms with van der Waals surface area (Å²) < 4.78 is 5.65. The summed E-state index contributed by atoms with van der Waals surface area (Å²) in [4.78, 5) is 23.1. The Balaban J connectivity index is 1.93. The standard InChI is InChI=1S/C17H16INO5/c18-13-8-12(6-7-15(13)20)9-14(16(21)22)19-17(23)24-10-11-4-2-1-3-5-11/h1-8,14,20H,9-10H2,(H,19,23)(H,21,22)/t14-/m0/s1. The van der Waals surface area contributed by atoms with Crippen LogP contribution in [0.5, 0.6) is 5.75 Å². The third kappa shape index (κ3) is 5.41. The molecule has 0 aliphatic heterocycles. The Morgan fingerprint density at radius 3 is 2.46 bits per heavy atom. The lowest BCUT2D eigenvalue weighted by molar-refractivity contribution is -0.139. The summed E-state index contributed by atoms with van der Waals surface area (Å²) in [5.74, 6) is -1.03. The first kappa shape index (κ1) is 18.1. The Morgan fingerprint density at radius 2 is 1.83 bits per heavy atom. The van der Waals surface area contributed by atoms with Crippen LogP contribution >= 0.6 is 22.6 Å². The number of rotatable bonds is 6. The molecule has 1 amide bonds. The van der Waals surface area contributed by atoms with Crippen LogP contribution < -0.4 is 5.32 Å². The lowest BCUT2D eigenvalue weighted by Gasteiger charge is -2.15. The van der Waals surface area contributed by atoms with Crippen LogP contribution in [0, 0.1) is 3.57 Å². The molecule has 7 heteroatoms. The number of benzene rings is 2. The highest BCUT2D eigenvalue weighted by Gasteiger charge is 2.21. The van der Waals surface area contributed by atoms with Gasteiger partial charge in [0.2, 0.25) is 0 Å². The van der Waals surface area contributed by atoms with Crippen LogP contribution in [0.3, 0.4) is 0 Å². The Bertz CT molecular complexity index is 720. The molecule has 0 bridgehead atoms. The largest absolute Gasteiger partial charge is 0.507 e. The van der Waals surface area contributed by atoms with Crippen molar-refractivity contribution in [3.8, 4) is 5.75 Å². The second-order valence-electron chi connectivity index (χ2n) is 5.09. The van der Waals surface area contributed by atoms with Crippen LogP contribution in [0.25, 0.3) is 0 Å². The van der Waals surface area contributed by atoms with Crippen LogP contribution in [-0.4, -0.2) is 28.3 Å². The van der Waals surface area contributed by atoms with Crippen molar-refractivity contribution >= 4 is 34.7 Å². The molecule has 0 aliphatic carbocycles. The Kier molecular flexibility index (Phi) is 6.42. The summed E-state index contributed by atoms with van der Waals surface area (Å²) in [6.07, 6.45) is -0.703. The van der Waals surface area contributed by atoms with Crippen molar-refractivity contribution in [1.82, 2.24) is 5.32 Å². The molecule has 0 saturated carbocycles. The normalized spacial score (nSPS) is 11.5. The number of carbonyl (C=O) groups excluding carboxylic acids is 1. The SMILES string of the molecule is O=C(N[C@@H](Cc1ccc(O)c(I)c1)C(=O)O)OCc1ccccc1. The number of hydrogen-bond donors (Lipinski definition) is 3. The molecular formula is C17H16INO5. The average Bonchev–Trinajstić information content (AvgIpc) is 2.56. The van der Waals surface area contributed by atoms with Gasteiger partial charge in [0.1, 0.15) is 18.4 Å². The highest BCUT2D eigenvalue weighted by atomic mass is 127. The van der Waals surface area contributed by atoms with Gasteiger partial charge in [0.15, 0.2) is 0 Å². The Morgan fingerprint density at radius 1 is 1.12 bits per heavy atom. The van der Waals surface area contributed by atoms with E-state index in [1.54, 1.807) is 24.3 Å². The van der Waals surface area contributed by atoms with Crippen LogP contribution in [0.4, 0.5) is 4.79 Å². The van der Waals surface area contributed by atoms with E-state index in [-0.39, 0.29) is 18.8 Å². The van der Waals surface area contributed by atoms with E-state index in [0.29, 0.717) is 9.13 Å². The number of ether oxygens (including phenoxy) is 1. The maximum absolute atomic E-state index is 11.8. The maximum atomic E-state index is 11.8. The van der Waals surface area contributed by atoms with Gasteiger partial charge in [-0.15, -0.1) is 0 Å². The van der Waals surface area contributed by atoms with Gasteiger partial charge in [-0.2, -0.15) is 0 Å². The van der Waals surface area contributed by atoms with Crippen LogP contribution in [0.1, 0.15) is 11.1 Å². The minimum atomic E-state index is -1.16. The van der Waals surface area contributed by atoms with Gasteiger partial charge in [0.05, 0.1) is 3.57 Å². The molecule has 24 heavy (non-hydrogen) atoms. The first-order valence-electron chi connectivity index (χ1n) is 7.13. The maximum Gasteiger partial charge on any atom is 0.408 e. The molecule has 3 N–H and O–H groups in total. The van der Waals surface area contributed by atoms with Gasteiger partial charge >= 0.3 is 12.1 Å². The van der Waals surface area contributed by atoms with Crippen molar-refractivity contribution in [2.75, 3.05) is 0 Å². The predicted molar refractivity (Wildman–Crippen MR) is 95.7 cm³/mol. The Labute approximate surface area is 152 Å². The van der Waals surface area contributed by atoms with E-state index in [2.05, 4.69) is 5.32 Å². The predicted octanol–water partition coefficient (Wildman–Crippen LogP) is 2.92. The lowest BCUT2D eigenvalue weighted by Crippen LogP contribution is -2.42. The number of carboxylic acid groups (broad SMARTS) is 1. The summed E-state index contributed by atoms with van der Waals surface area (Å²) >= 11 is 1.95. The summed E-state index contributed by atoms with van der Waals surface area (Å²) in [6.45, 7) is 0.0656. The van der Waals surface area contributed by atoms with E-state index in [0.717, 1.165) is 5.56 Å². The summed E-state index contributed by atoms with van der Waals surface area (Å²) in [6, 6.07) is 12.8. The molecule has 2 aromatic carbocycles. The van der Waals surface area contributed by atoms with E-state index in [1.807, 2.05) is 40.8 Å². The molecule has 0 fully saturated rings. The average molecular weight is 441 g/mol. The zero-order valence-electron chi connectivity index (χ0n) is 12.6. The number of amides is 1. The van der Waals surface area contributed by atoms with Crippen molar-refractivity contribution in [2.24, 2.45) is 0 Å². The molecule has 0 saturated heterocycles. The van der Waals surface area contributed by atoms with E-state index < -0.39 is 18.1 Å². The monoisotopic (exact) mass is 441 g/mol. The second-order valence-corrected chi connectivity index (χ2v) is 6.25. The third-order valence-electron chi connectivity index (χ3n) is 3.25. The van der Waals surface area contributed by atoms with Crippen LogP contribution in [-0.2, 0) is 22.6 Å². The molecule has 0 unspecified atom stereocenters. The number of phenolic OH excluding ortho intramolecular Hbond substituents is 1. The number of nitrogens with one attached hydrogen (secondary N) is 1. The minimum Gasteiger partial charge on any atom is -0.507 e. The molecule has 2 aromatic rings. The molecule has 0 aromatic heterocycles. The zero-order chi connectivity index (χ0) is 17.5. The van der Waals surface area contributed by atoms with Gasteiger partial charge in [0.25, 0.3) is 0 Å². The highest BCUT2D eigenvalue weighted by Crippen LogP contribution is 2.21. The molecule has 0 heterocycles. The number of halogens is 1. The van der Waals surface area contributed by atoms with E-state index >= 15 is 0 Å². The van der Waals surface area contributed by atoms with Crippen molar-refractivity contribution in [1.29, 1.82) is 0 Å². The molecule has 0 radical (unpaired) electrons. The number of alkyl carbamates (subject to hydrolysis) is 1. The number of hydrogen-bond acceptors (Lipinski definition) is 4. The first-order valence-corrected chi connectivity index (χ1v) is 8.21.